The smallest absolute Gasteiger partial charge is 0.170 e. The van der Waals surface area contributed by atoms with Crippen molar-refractivity contribution in [3.05, 3.63) is 46.9 Å². The molecule has 0 bridgehead atoms. The predicted octanol–water partition coefficient (Wildman–Crippen LogP) is 3.32. The summed E-state index contributed by atoms with van der Waals surface area (Å²) in [5.74, 6) is 1.60. The van der Waals surface area contributed by atoms with E-state index in [0.29, 0.717) is 5.15 Å². The van der Waals surface area contributed by atoms with Crippen LogP contribution in [0.4, 0.5) is 0 Å². The molecular formula is C14H13ClN4. The number of nitrogens with zero attached hydrogens (tertiary/aromatic N) is 4. The summed E-state index contributed by atoms with van der Waals surface area (Å²) in [7, 11) is 0. The number of rotatable bonds is 2. The highest BCUT2D eigenvalue weighted by atomic mass is 35.5. The van der Waals surface area contributed by atoms with Gasteiger partial charge >= 0.3 is 0 Å². The first kappa shape index (κ1) is 12.1. The highest BCUT2D eigenvalue weighted by Gasteiger charge is 2.13. The van der Waals surface area contributed by atoms with Crippen LogP contribution in [0.5, 0.6) is 0 Å². The molecular weight excluding hydrogens is 260 g/mol. The highest BCUT2D eigenvalue weighted by Crippen LogP contribution is 2.24. The normalized spacial score (nSPS) is 11.1. The molecule has 0 fully saturated rings. The van der Waals surface area contributed by atoms with Gasteiger partial charge in [0.15, 0.2) is 11.5 Å². The van der Waals surface area contributed by atoms with Crippen molar-refractivity contribution in [1.82, 2.24) is 19.6 Å². The van der Waals surface area contributed by atoms with E-state index < -0.39 is 0 Å². The molecule has 1 aromatic carbocycles. The molecule has 0 amide bonds. The molecule has 3 aromatic rings. The molecule has 0 atom stereocenters. The maximum atomic E-state index is 5.95. The van der Waals surface area contributed by atoms with E-state index >= 15 is 0 Å². The van der Waals surface area contributed by atoms with Crippen molar-refractivity contribution in [2.24, 2.45) is 0 Å². The number of fused-ring (bicyclic) bond motifs is 1. The molecule has 0 saturated heterocycles. The topological polar surface area (TPSA) is 43.1 Å². The van der Waals surface area contributed by atoms with Gasteiger partial charge in [-0.3, -0.25) is 4.40 Å². The molecule has 0 aliphatic rings. The summed E-state index contributed by atoms with van der Waals surface area (Å²) in [6.07, 6.45) is 0.950. The van der Waals surface area contributed by atoms with Crippen molar-refractivity contribution in [2.75, 3.05) is 0 Å². The lowest BCUT2D eigenvalue weighted by atomic mass is 10.0. The summed E-state index contributed by atoms with van der Waals surface area (Å²) < 4.78 is 1.93. The molecule has 0 unspecified atom stereocenters. The first-order valence-electron chi connectivity index (χ1n) is 6.17. The second-order valence-corrected chi connectivity index (χ2v) is 4.74. The third-order valence-corrected chi connectivity index (χ3v) is 3.36. The minimum Gasteiger partial charge on any atom is -0.263 e. The number of aromatic nitrogens is 4. The van der Waals surface area contributed by atoms with E-state index in [0.717, 1.165) is 29.3 Å². The average Bonchev–Trinajstić information content (AvgIpc) is 2.82. The van der Waals surface area contributed by atoms with Gasteiger partial charge in [0.2, 0.25) is 0 Å². The zero-order chi connectivity index (χ0) is 13.4. The highest BCUT2D eigenvalue weighted by molar-refractivity contribution is 6.29. The van der Waals surface area contributed by atoms with Crippen LogP contribution in [0.3, 0.4) is 0 Å². The third-order valence-electron chi connectivity index (χ3n) is 3.17. The van der Waals surface area contributed by atoms with E-state index in [9.17, 15) is 0 Å². The Morgan fingerprint density at radius 2 is 2.00 bits per heavy atom. The Balaban J connectivity index is 2.32. The fourth-order valence-corrected chi connectivity index (χ4v) is 2.49. The summed E-state index contributed by atoms with van der Waals surface area (Å²) in [4.78, 5) is 4.26. The van der Waals surface area contributed by atoms with Crippen LogP contribution in [0.2, 0.25) is 5.15 Å². The Labute approximate surface area is 116 Å². The van der Waals surface area contributed by atoms with Crippen LogP contribution in [-0.4, -0.2) is 19.6 Å². The van der Waals surface area contributed by atoms with Gasteiger partial charge in [-0.25, -0.2) is 4.98 Å². The van der Waals surface area contributed by atoms with E-state index in [4.69, 9.17) is 11.6 Å². The quantitative estimate of drug-likeness (QED) is 0.672. The van der Waals surface area contributed by atoms with Gasteiger partial charge in [-0.2, -0.15) is 0 Å². The van der Waals surface area contributed by atoms with Gasteiger partial charge in [-0.15, -0.1) is 10.2 Å². The first-order chi connectivity index (χ1) is 9.20. The van der Waals surface area contributed by atoms with Crippen molar-refractivity contribution in [2.45, 2.75) is 20.3 Å². The minimum atomic E-state index is 0.438. The van der Waals surface area contributed by atoms with Crippen LogP contribution >= 0.6 is 11.6 Å². The maximum Gasteiger partial charge on any atom is 0.170 e. The summed E-state index contributed by atoms with van der Waals surface area (Å²) >= 11 is 5.95. The van der Waals surface area contributed by atoms with Crippen molar-refractivity contribution < 1.29 is 0 Å². The lowest BCUT2D eigenvalue weighted by molar-refractivity contribution is 0.983. The van der Waals surface area contributed by atoms with E-state index in [1.807, 2.05) is 23.5 Å². The Morgan fingerprint density at radius 1 is 1.21 bits per heavy atom. The molecule has 5 heteroatoms. The Hall–Kier alpha value is -1.94. The monoisotopic (exact) mass is 272 g/mol. The van der Waals surface area contributed by atoms with E-state index in [-0.39, 0.29) is 0 Å². The molecule has 0 spiro atoms. The number of aryl methyl sites for hydroxylation is 2. The van der Waals surface area contributed by atoms with Crippen LogP contribution < -0.4 is 0 Å². The van der Waals surface area contributed by atoms with Gasteiger partial charge in [0, 0.05) is 11.6 Å². The molecule has 96 valence electrons. The SMILES string of the molecule is CCc1ccccc1-c1nnc2cc(Cl)nc(C)n12. The molecule has 0 radical (unpaired) electrons. The standard InChI is InChI=1S/C14H13ClN4/c1-3-10-6-4-5-7-11(10)14-18-17-13-8-12(15)16-9(2)19(13)14/h4-8H,3H2,1-2H3. The Morgan fingerprint density at radius 3 is 2.79 bits per heavy atom. The van der Waals surface area contributed by atoms with E-state index in [1.54, 1.807) is 6.07 Å². The number of hydrogen-bond acceptors (Lipinski definition) is 3. The number of benzene rings is 1. The predicted molar refractivity (Wildman–Crippen MR) is 75.3 cm³/mol. The van der Waals surface area contributed by atoms with E-state index in [1.165, 1.54) is 5.56 Å². The zero-order valence-corrected chi connectivity index (χ0v) is 11.5. The zero-order valence-electron chi connectivity index (χ0n) is 10.8. The molecule has 2 heterocycles. The minimum absolute atomic E-state index is 0.438. The lowest BCUT2D eigenvalue weighted by Gasteiger charge is -2.07. The molecule has 2 aromatic heterocycles. The van der Waals surface area contributed by atoms with Crippen LogP contribution in [0, 0.1) is 6.92 Å². The van der Waals surface area contributed by atoms with Crippen LogP contribution in [0.1, 0.15) is 18.3 Å². The third kappa shape index (κ3) is 1.98. The fourth-order valence-electron chi connectivity index (χ4n) is 2.27. The van der Waals surface area contributed by atoms with Crippen molar-refractivity contribution in [3.63, 3.8) is 0 Å². The van der Waals surface area contributed by atoms with Gasteiger partial charge in [0.05, 0.1) is 0 Å². The van der Waals surface area contributed by atoms with Crippen molar-refractivity contribution >= 4 is 17.2 Å². The Bertz CT molecular complexity index is 748. The average molecular weight is 273 g/mol. The van der Waals surface area contributed by atoms with Gasteiger partial charge in [-0.1, -0.05) is 42.8 Å². The summed E-state index contributed by atoms with van der Waals surface area (Å²) in [5.41, 5.74) is 3.05. The van der Waals surface area contributed by atoms with Gasteiger partial charge in [0.1, 0.15) is 11.0 Å². The summed E-state index contributed by atoms with van der Waals surface area (Å²) in [6.45, 7) is 4.03. The fraction of sp³-hybridized carbons (Fsp3) is 0.214. The summed E-state index contributed by atoms with van der Waals surface area (Å²) in [5, 5.41) is 8.91. The van der Waals surface area contributed by atoms with E-state index in [2.05, 4.69) is 34.2 Å². The van der Waals surface area contributed by atoms with Gasteiger partial charge in [0.25, 0.3) is 0 Å². The molecule has 0 saturated carbocycles. The van der Waals surface area contributed by atoms with Crippen LogP contribution in [0.15, 0.2) is 30.3 Å². The van der Waals surface area contributed by atoms with Crippen LogP contribution in [0.25, 0.3) is 17.0 Å². The molecule has 4 nitrogen and oxygen atoms in total. The second-order valence-electron chi connectivity index (χ2n) is 4.35. The van der Waals surface area contributed by atoms with Gasteiger partial charge < -0.3 is 0 Å². The van der Waals surface area contributed by atoms with Crippen molar-refractivity contribution in [3.8, 4) is 11.4 Å². The second kappa shape index (κ2) is 4.63. The lowest BCUT2D eigenvalue weighted by Crippen LogP contribution is -1.99. The summed E-state index contributed by atoms with van der Waals surface area (Å²) in [6, 6.07) is 9.93. The molecule has 19 heavy (non-hydrogen) atoms. The molecule has 0 N–H and O–H groups in total. The molecule has 3 rings (SSSR count). The Kier molecular flexibility index (Phi) is 2.95. The van der Waals surface area contributed by atoms with Crippen molar-refractivity contribution in [1.29, 1.82) is 0 Å². The van der Waals surface area contributed by atoms with Crippen LogP contribution in [-0.2, 0) is 6.42 Å². The maximum absolute atomic E-state index is 5.95. The first-order valence-corrected chi connectivity index (χ1v) is 6.55. The number of halogens is 1. The molecule has 0 aliphatic heterocycles. The van der Waals surface area contributed by atoms with Gasteiger partial charge in [-0.05, 0) is 18.9 Å². The number of hydrogen-bond donors (Lipinski definition) is 0. The largest absolute Gasteiger partial charge is 0.263 e. The molecule has 0 aliphatic carbocycles.